The van der Waals surface area contributed by atoms with E-state index in [4.69, 9.17) is 21.2 Å². The maximum atomic E-state index is 11.1. The van der Waals surface area contributed by atoms with Gasteiger partial charge in [0.2, 0.25) is 0 Å². The lowest BCUT2D eigenvalue weighted by atomic mass is 9.85. The van der Waals surface area contributed by atoms with Crippen LogP contribution >= 0.6 is 0 Å². The minimum atomic E-state index is -0.509. The van der Waals surface area contributed by atoms with Crippen LogP contribution in [0.2, 0.25) is 0 Å². The number of aromatic nitrogens is 1. The van der Waals surface area contributed by atoms with Crippen molar-refractivity contribution in [2.75, 3.05) is 6.61 Å². The van der Waals surface area contributed by atoms with Crippen molar-refractivity contribution in [3.8, 4) is 16.9 Å². The lowest BCUT2D eigenvalue weighted by Gasteiger charge is -2.23. The molecule has 2 aromatic carbocycles. The zero-order chi connectivity index (χ0) is 21.2. The zero-order valence-corrected chi connectivity index (χ0v) is 17.6. The number of carbonyl (C=O) groups is 1. The second kappa shape index (κ2) is 8.21. The maximum absolute atomic E-state index is 11.1. The number of nitrogens with zero attached hydrogens (tertiary/aromatic N) is 1. The molecule has 0 aliphatic carbocycles. The first-order valence-electron chi connectivity index (χ1n) is 9.81. The average molecular weight is 392 g/mol. The first-order valence-corrected chi connectivity index (χ1v) is 9.81. The van der Waals surface area contributed by atoms with E-state index in [-0.39, 0.29) is 12.0 Å². The van der Waals surface area contributed by atoms with Gasteiger partial charge in [-0.25, -0.2) is 0 Å². The Morgan fingerprint density at radius 3 is 2.38 bits per heavy atom. The van der Waals surface area contributed by atoms with Crippen LogP contribution in [0.4, 0.5) is 0 Å². The number of benzene rings is 2. The molecule has 3 rings (SSSR count). The third-order valence-corrected chi connectivity index (χ3v) is 4.77. The molecule has 0 saturated carbocycles. The van der Waals surface area contributed by atoms with E-state index in [1.807, 2.05) is 18.2 Å². The Kier molecular flexibility index (Phi) is 5.89. The predicted octanol–water partition coefficient (Wildman–Crippen LogP) is 4.12. The van der Waals surface area contributed by atoms with Crippen LogP contribution < -0.4 is 16.2 Å². The van der Waals surface area contributed by atoms with Gasteiger partial charge >= 0.3 is 0 Å². The van der Waals surface area contributed by atoms with Gasteiger partial charge in [-0.05, 0) is 53.6 Å². The van der Waals surface area contributed by atoms with Crippen molar-refractivity contribution in [2.45, 2.75) is 40.7 Å². The van der Waals surface area contributed by atoms with Crippen molar-refractivity contribution in [1.29, 1.82) is 0 Å². The lowest BCUT2D eigenvalue weighted by molar-refractivity contribution is -0.119. The molecule has 0 aliphatic rings. The second-order valence-electron chi connectivity index (χ2n) is 8.65. The summed E-state index contributed by atoms with van der Waals surface area (Å²) in [4.78, 5) is 16.0. The van der Waals surface area contributed by atoms with Gasteiger partial charge in [0.25, 0.3) is 5.91 Å². The Morgan fingerprint density at radius 1 is 1.10 bits per heavy atom. The number of rotatable bonds is 6. The van der Waals surface area contributed by atoms with E-state index in [0.717, 1.165) is 39.7 Å². The van der Waals surface area contributed by atoms with Gasteiger partial charge in [0.15, 0.2) is 6.61 Å². The summed E-state index contributed by atoms with van der Waals surface area (Å²) in [6.07, 6.45) is 0.828. The van der Waals surface area contributed by atoms with E-state index >= 15 is 0 Å². The van der Waals surface area contributed by atoms with Gasteiger partial charge in [0, 0.05) is 17.6 Å². The molecule has 0 aliphatic heterocycles. The number of aryl methyl sites for hydroxylation is 1. The summed E-state index contributed by atoms with van der Waals surface area (Å²) in [5, 5.41) is 0.953. The number of hydrogen-bond donors (Lipinski definition) is 2. The molecule has 0 saturated heterocycles. The third kappa shape index (κ3) is 4.93. The van der Waals surface area contributed by atoms with Gasteiger partial charge in [0.05, 0.1) is 5.52 Å². The van der Waals surface area contributed by atoms with Gasteiger partial charge in [-0.3, -0.25) is 9.78 Å². The van der Waals surface area contributed by atoms with E-state index in [1.54, 1.807) is 0 Å². The number of primary amides is 1. The molecule has 1 heterocycles. The summed E-state index contributed by atoms with van der Waals surface area (Å²) < 4.78 is 5.54. The summed E-state index contributed by atoms with van der Waals surface area (Å²) >= 11 is 0. The minimum Gasteiger partial charge on any atom is -0.484 e. The molecule has 29 heavy (non-hydrogen) atoms. The molecule has 0 fully saturated rings. The molecule has 1 aromatic heterocycles. The van der Waals surface area contributed by atoms with Crippen LogP contribution in [0.5, 0.6) is 5.75 Å². The van der Waals surface area contributed by atoms with E-state index in [9.17, 15) is 4.79 Å². The molecular weight excluding hydrogens is 362 g/mol. The van der Waals surface area contributed by atoms with Crippen molar-refractivity contribution in [3.63, 3.8) is 0 Å². The Bertz CT molecular complexity index is 1030. The normalized spacial score (nSPS) is 11.6. The molecule has 0 unspecified atom stereocenters. The molecule has 0 spiro atoms. The second-order valence-corrected chi connectivity index (χ2v) is 8.65. The molecular formula is C24H29N3O2. The molecule has 3 aromatic rings. The van der Waals surface area contributed by atoms with Crippen molar-refractivity contribution in [1.82, 2.24) is 4.98 Å². The van der Waals surface area contributed by atoms with Crippen LogP contribution in [0, 0.1) is 12.3 Å². The monoisotopic (exact) mass is 391 g/mol. The summed E-state index contributed by atoms with van der Waals surface area (Å²) in [5.41, 5.74) is 17.8. The molecule has 5 nitrogen and oxygen atoms in total. The van der Waals surface area contributed by atoms with E-state index in [0.29, 0.717) is 12.3 Å². The standard InChI is InChI=1S/C24H29N3O2/c1-15-5-7-16(8-6-15)23-18-11-17(29-14-22(26)28)9-10-20(18)27-21(19(23)13-25)12-24(2,3)4/h5-11H,12-14,25H2,1-4H3,(H2,26,28). The Hall–Kier alpha value is -2.92. The number of carbonyl (C=O) groups excluding carboxylic acids is 1. The fourth-order valence-electron chi connectivity index (χ4n) is 3.50. The first-order chi connectivity index (χ1) is 13.7. The number of fused-ring (bicyclic) bond motifs is 1. The quantitative estimate of drug-likeness (QED) is 0.661. The highest BCUT2D eigenvalue weighted by atomic mass is 16.5. The van der Waals surface area contributed by atoms with Crippen LogP contribution in [-0.4, -0.2) is 17.5 Å². The van der Waals surface area contributed by atoms with Crippen LogP contribution in [-0.2, 0) is 17.8 Å². The Balaban J connectivity index is 2.27. The Labute approximate surface area is 172 Å². The van der Waals surface area contributed by atoms with Crippen LogP contribution in [0.3, 0.4) is 0 Å². The van der Waals surface area contributed by atoms with Gasteiger partial charge in [-0.2, -0.15) is 0 Å². The van der Waals surface area contributed by atoms with E-state index in [2.05, 4.69) is 52.0 Å². The summed E-state index contributed by atoms with van der Waals surface area (Å²) in [6.45, 7) is 8.90. The number of hydrogen-bond acceptors (Lipinski definition) is 4. The molecule has 1 amide bonds. The number of nitrogens with two attached hydrogens (primary N) is 2. The summed E-state index contributed by atoms with van der Waals surface area (Å²) in [6, 6.07) is 14.1. The molecule has 152 valence electrons. The van der Waals surface area contributed by atoms with E-state index in [1.165, 1.54) is 5.56 Å². The number of amides is 1. The van der Waals surface area contributed by atoms with Gasteiger partial charge in [0.1, 0.15) is 5.75 Å². The highest BCUT2D eigenvalue weighted by molar-refractivity contribution is 5.97. The van der Waals surface area contributed by atoms with Crippen molar-refractivity contribution in [3.05, 3.63) is 59.3 Å². The summed E-state index contributed by atoms with van der Waals surface area (Å²) in [5.74, 6) is 0.0724. The molecule has 0 bridgehead atoms. The number of pyridine rings is 1. The van der Waals surface area contributed by atoms with Crippen LogP contribution in [0.25, 0.3) is 22.0 Å². The largest absolute Gasteiger partial charge is 0.484 e. The lowest BCUT2D eigenvalue weighted by Crippen LogP contribution is -2.20. The fraction of sp³-hybridized carbons (Fsp3) is 0.333. The highest BCUT2D eigenvalue weighted by Crippen LogP contribution is 2.36. The first kappa shape index (κ1) is 20.8. The van der Waals surface area contributed by atoms with Crippen LogP contribution in [0.15, 0.2) is 42.5 Å². The minimum absolute atomic E-state index is 0.0830. The smallest absolute Gasteiger partial charge is 0.255 e. The Morgan fingerprint density at radius 2 is 1.79 bits per heavy atom. The predicted molar refractivity (Wildman–Crippen MR) is 118 cm³/mol. The van der Waals surface area contributed by atoms with Crippen molar-refractivity contribution in [2.24, 2.45) is 16.9 Å². The van der Waals surface area contributed by atoms with Gasteiger partial charge in [-0.1, -0.05) is 50.6 Å². The average Bonchev–Trinajstić information content (AvgIpc) is 2.65. The summed E-state index contributed by atoms with van der Waals surface area (Å²) in [7, 11) is 0. The van der Waals surface area contributed by atoms with Gasteiger partial charge in [-0.15, -0.1) is 0 Å². The molecule has 0 atom stereocenters. The zero-order valence-electron chi connectivity index (χ0n) is 17.6. The van der Waals surface area contributed by atoms with Gasteiger partial charge < -0.3 is 16.2 Å². The fourth-order valence-corrected chi connectivity index (χ4v) is 3.50. The van der Waals surface area contributed by atoms with Crippen LogP contribution in [0.1, 0.15) is 37.6 Å². The van der Waals surface area contributed by atoms with E-state index < -0.39 is 5.91 Å². The SMILES string of the molecule is Cc1ccc(-c2c(CN)c(CC(C)(C)C)nc3ccc(OCC(N)=O)cc23)cc1. The molecule has 0 radical (unpaired) electrons. The maximum Gasteiger partial charge on any atom is 0.255 e. The third-order valence-electron chi connectivity index (χ3n) is 4.77. The number of ether oxygens (including phenoxy) is 1. The molecule has 4 N–H and O–H groups in total. The van der Waals surface area contributed by atoms with Crippen molar-refractivity contribution >= 4 is 16.8 Å². The highest BCUT2D eigenvalue weighted by Gasteiger charge is 2.21. The van der Waals surface area contributed by atoms with Crippen molar-refractivity contribution < 1.29 is 9.53 Å². The molecule has 5 heteroatoms. The topological polar surface area (TPSA) is 91.2 Å².